The van der Waals surface area contributed by atoms with Crippen LogP contribution >= 0.6 is 22.1 Å². The summed E-state index contributed by atoms with van der Waals surface area (Å²) in [6.45, 7) is 4.39. The van der Waals surface area contributed by atoms with Gasteiger partial charge in [-0.3, -0.25) is 13.7 Å². The molecule has 0 aliphatic heterocycles. The summed E-state index contributed by atoms with van der Waals surface area (Å²) < 4.78 is 31.6. The Kier molecular flexibility index (Phi) is 20.4. The van der Waals surface area contributed by atoms with Crippen molar-refractivity contribution in [3.63, 3.8) is 0 Å². The summed E-state index contributed by atoms with van der Waals surface area (Å²) in [5, 5.41) is 29.2. The topological polar surface area (TPSA) is 232 Å². The number of aliphatic carboxylic acids is 3. The maximum atomic E-state index is 10.5. The molecule has 0 saturated heterocycles. The second-order valence-electron chi connectivity index (χ2n) is 5.08. The first-order valence-corrected chi connectivity index (χ1v) is 13.5. The van der Waals surface area contributed by atoms with Crippen molar-refractivity contribution in [1.82, 2.24) is 0 Å². The Balaban J connectivity index is -0.000000152. The molecule has 3 atom stereocenters. The maximum Gasteiger partial charge on any atom is 3.00 e. The molecule has 12 nitrogen and oxygen atoms in total. The van der Waals surface area contributed by atoms with Crippen LogP contribution in [-0.2, 0) is 28.1 Å². The van der Waals surface area contributed by atoms with Gasteiger partial charge < -0.3 is 44.4 Å². The molecule has 0 fully saturated rings. The molecule has 0 heterocycles. The Bertz CT molecular complexity index is 550. The minimum atomic E-state index is -3.39. The van der Waals surface area contributed by atoms with Crippen molar-refractivity contribution < 1.29 is 58.1 Å². The van der Waals surface area contributed by atoms with Gasteiger partial charge in [0, 0.05) is 18.5 Å². The van der Waals surface area contributed by atoms with E-state index in [2.05, 4.69) is 0 Å². The summed E-state index contributed by atoms with van der Waals surface area (Å²) in [4.78, 5) is 55.1. The molecule has 0 aliphatic carbocycles. The van der Waals surface area contributed by atoms with Crippen molar-refractivity contribution in [3.8, 4) is 0 Å². The van der Waals surface area contributed by atoms with Gasteiger partial charge in [0.05, 0.1) is 36.4 Å². The number of carboxylic acid groups (broad SMARTS) is 3. The normalized spacial score (nSPS) is 16.1. The van der Waals surface area contributed by atoms with Crippen molar-refractivity contribution in [2.24, 2.45) is 0 Å². The fourth-order valence-corrected chi connectivity index (χ4v) is 2.82. The van der Waals surface area contributed by atoms with Crippen LogP contribution < -0.4 is 15.3 Å². The second kappa shape index (κ2) is 16.3. The van der Waals surface area contributed by atoms with Crippen molar-refractivity contribution in [2.45, 2.75) is 20.8 Å². The zero-order chi connectivity index (χ0) is 22.5. The first kappa shape index (κ1) is 35.0. The average molecular weight is 480 g/mol. The monoisotopic (exact) mass is 480 g/mol. The number of hydrogen-bond acceptors (Lipinski definition) is 9. The molecule has 0 amide bonds. The average Bonchev–Trinajstić information content (AvgIpc) is 2.45. The third-order valence-corrected chi connectivity index (χ3v) is 7.83. The van der Waals surface area contributed by atoms with Crippen LogP contribution in [0.5, 0.6) is 0 Å². The first-order chi connectivity index (χ1) is 11.9. The summed E-state index contributed by atoms with van der Waals surface area (Å²) >= 11 is 0. The molecule has 162 valence electrons. The van der Waals surface area contributed by atoms with Gasteiger partial charge in [0.2, 0.25) is 22.1 Å². The molecule has 3 N–H and O–H groups in total. The van der Waals surface area contributed by atoms with Crippen molar-refractivity contribution in [3.05, 3.63) is 0 Å². The molecular weight excluding hydrogens is 456 g/mol. The van der Waals surface area contributed by atoms with Crippen LogP contribution in [0.2, 0.25) is 0 Å². The summed E-state index contributed by atoms with van der Waals surface area (Å²) in [7, 11) is -10.2. The van der Waals surface area contributed by atoms with Gasteiger partial charge in [0.1, 0.15) is 0 Å². The van der Waals surface area contributed by atoms with Crippen LogP contribution in [-0.4, -0.2) is 86.9 Å². The van der Waals surface area contributed by atoms with Crippen molar-refractivity contribution in [2.75, 3.05) is 37.0 Å². The molecule has 0 aliphatic rings. The van der Waals surface area contributed by atoms with E-state index in [1.807, 2.05) is 0 Å². The molecule has 0 aromatic carbocycles. The van der Waals surface area contributed by atoms with Crippen LogP contribution in [0.1, 0.15) is 20.8 Å². The van der Waals surface area contributed by atoms with E-state index in [0.29, 0.717) is 0 Å². The van der Waals surface area contributed by atoms with E-state index in [1.54, 1.807) is 0 Å². The van der Waals surface area contributed by atoms with E-state index in [1.165, 1.54) is 20.8 Å². The molecule has 3 unspecified atom stereocenters. The van der Waals surface area contributed by atoms with E-state index in [4.69, 9.17) is 14.7 Å². The standard InChI is InChI=1S/3C4H9O4P.Al/c3*1-2-9(7,8)3-4(5)6;/h3*2-3H2,1H3,(H,5,6)(H,7,8);/q;;;+3/p-3. The molecule has 0 spiro atoms. The maximum absolute atomic E-state index is 10.5. The zero-order valence-electron chi connectivity index (χ0n) is 15.7. The van der Waals surface area contributed by atoms with Gasteiger partial charge in [0.15, 0.2) is 0 Å². The van der Waals surface area contributed by atoms with Crippen LogP contribution in [0.4, 0.5) is 0 Å². The molecule has 28 heavy (non-hydrogen) atoms. The smallest absolute Gasteiger partial charge is 0.550 e. The Hall–Kier alpha value is -0.488. The predicted molar refractivity (Wildman–Crippen MR) is 96.5 cm³/mol. The quantitative estimate of drug-likeness (QED) is 0.218. The number of hydrogen-bond donors (Lipinski definition) is 3. The Morgan fingerprint density at radius 1 is 0.607 bits per heavy atom. The van der Waals surface area contributed by atoms with Crippen molar-refractivity contribution in [1.29, 1.82) is 0 Å². The van der Waals surface area contributed by atoms with Gasteiger partial charge in [-0.15, -0.1) is 0 Å². The van der Waals surface area contributed by atoms with Gasteiger partial charge in [-0.05, 0) is 0 Å². The van der Waals surface area contributed by atoms with Crippen LogP contribution in [0, 0.1) is 0 Å². The predicted octanol–water partition coefficient (Wildman–Crippen LogP) is -3.30. The summed E-state index contributed by atoms with van der Waals surface area (Å²) in [5.74, 6) is -4.41. The summed E-state index contributed by atoms with van der Waals surface area (Å²) in [6, 6.07) is 0. The molecule has 0 radical (unpaired) electrons. The van der Waals surface area contributed by atoms with Gasteiger partial charge in [-0.1, -0.05) is 20.8 Å². The first-order valence-electron chi connectivity index (χ1n) is 7.45. The molecule has 0 aromatic rings. The third-order valence-electron chi connectivity index (χ3n) is 2.61. The zero-order valence-corrected chi connectivity index (χ0v) is 19.5. The van der Waals surface area contributed by atoms with E-state index in [-0.39, 0.29) is 35.8 Å². The van der Waals surface area contributed by atoms with Crippen LogP contribution in [0.3, 0.4) is 0 Å². The molecule has 0 saturated carbocycles. The number of carbonyl (C=O) groups excluding carboxylic acids is 3. The van der Waals surface area contributed by atoms with Gasteiger partial charge >= 0.3 is 17.4 Å². The molecule has 16 heteroatoms. The fourth-order valence-electron chi connectivity index (χ4n) is 0.941. The Labute approximate surface area is 173 Å². The van der Waals surface area contributed by atoms with Gasteiger partial charge in [-0.2, -0.15) is 0 Å². The van der Waals surface area contributed by atoms with Crippen molar-refractivity contribution >= 4 is 57.4 Å². The van der Waals surface area contributed by atoms with E-state index < -0.39 is 58.5 Å². The second-order valence-corrected chi connectivity index (χ2v) is 13.0. The number of carboxylic acids is 3. The summed E-state index contributed by atoms with van der Waals surface area (Å²) in [6.07, 6.45) is -2.24. The number of carbonyl (C=O) groups is 3. The Morgan fingerprint density at radius 2 is 0.750 bits per heavy atom. The minimum absolute atomic E-state index is 0. The Morgan fingerprint density at radius 3 is 0.786 bits per heavy atom. The number of rotatable bonds is 9. The minimum Gasteiger partial charge on any atom is -0.550 e. The molecule has 0 bridgehead atoms. The van der Waals surface area contributed by atoms with E-state index >= 15 is 0 Å². The fraction of sp³-hybridized carbons (Fsp3) is 0.750. The molecule has 0 rings (SSSR count). The summed E-state index contributed by atoms with van der Waals surface area (Å²) in [5.41, 5.74) is 0. The SMILES string of the molecule is CCP(=O)(O)CC(=O)[O-].CCP(=O)(O)CC(=O)[O-].CCP(=O)(O)CC(=O)[O-].[Al+3]. The van der Waals surface area contributed by atoms with Gasteiger partial charge in [0.25, 0.3) is 0 Å². The van der Waals surface area contributed by atoms with Gasteiger partial charge in [-0.25, -0.2) is 0 Å². The van der Waals surface area contributed by atoms with E-state index in [0.717, 1.165) is 0 Å². The molecule has 0 aromatic heterocycles. The largest absolute Gasteiger partial charge is 3.00 e. The van der Waals surface area contributed by atoms with Crippen LogP contribution in [0.15, 0.2) is 0 Å². The molecular formula is C12H24AlO12P3. The third kappa shape index (κ3) is 27.7. The van der Waals surface area contributed by atoms with E-state index in [9.17, 15) is 43.4 Å². The van der Waals surface area contributed by atoms with Crippen LogP contribution in [0.25, 0.3) is 0 Å².